The molecule has 0 bridgehead atoms. The van der Waals surface area contributed by atoms with Crippen LogP contribution in [0.4, 0.5) is 0 Å². The van der Waals surface area contributed by atoms with E-state index in [-0.39, 0.29) is 0 Å². The Hall–Kier alpha value is -3.65. The molecule has 0 saturated heterocycles. The summed E-state index contributed by atoms with van der Waals surface area (Å²) in [4.78, 5) is 0. The van der Waals surface area contributed by atoms with E-state index < -0.39 is 0 Å². The average Bonchev–Trinajstić information content (AvgIpc) is 2.95. The molecule has 5 aromatic rings. The number of aryl methyl sites for hydroxylation is 3. The average molecular weight is 571 g/mol. The molecule has 0 spiro atoms. The lowest BCUT2D eigenvalue weighted by Crippen LogP contribution is -2.32. The topological polar surface area (TPSA) is 13.1 Å². The zero-order chi connectivity index (χ0) is 30.9. The predicted octanol–water partition coefficient (Wildman–Crippen LogP) is 11.4. The van der Waals surface area contributed by atoms with Gasteiger partial charge in [0.2, 0.25) is 5.69 Å². The fourth-order valence-corrected chi connectivity index (χ4v) is 7.21. The van der Waals surface area contributed by atoms with Gasteiger partial charge in [0, 0.05) is 11.6 Å². The van der Waals surface area contributed by atoms with Gasteiger partial charge in [0.25, 0.3) is 0 Å². The molecular formula is C41H48NO+. The highest BCUT2D eigenvalue weighted by molar-refractivity contribution is 6.08. The van der Waals surface area contributed by atoms with E-state index in [0.29, 0.717) is 23.7 Å². The summed E-state index contributed by atoms with van der Waals surface area (Å²) >= 11 is 0. The summed E-state index contributed by atoms with van der Waals surface area (Å²) in [5, 5.41) is 5.10. The Morgan fingerprint density at radius 3 is 2.00 bits per heavy atom. The standard InChI is InChI=1S/C41H48NO/c1-22(2)16-35-34-17-26(9)12-13-31(34)27(10)37-40-39-28(14-15-42(40)11)18-30(21-36(39)43-41(35)37)38-32(24(5)6)19-29(23(3)4)20-33(38)25(7)8/h12-15,17-25H,16H2,1-11H3/q+1. The maximum atomic E-state index is 7.18. The van der Waals surface area contributed by atoms with Gasteiger partial charge >= 0.3 is 0 Å². The fraction of sp³-hybridized carbons (Fsp3) is 0.390. The van der Waals surface area contributed by atoms with Crippen molar-refractivity contribution in [2.45, 2.75) is 93.4 Å². The van der Waals surface area contributed by atoms with Crippen LogP contribution in [0.3, 0.4) is 0 Å². The molecule has 222 valence electrons. The number of ether oxygens (including phenoxy) is 1. The third kappa shape index (κ3) is 4.84. The normalized spacial score (nSPS) is 12.7. The first kappa shape index (κ1) is 29.4. The molecule has 2 heterocycles. The highest BCUT2D eigenvalue weighted by Crippen LogP contribution is 2.52. The van der Waals surface area contributed by atoms with Crippen molar-refractivity contribution < 1.29 is 9.30 Å². The van der Waals surface area contributed by atoms with Crippen molar-refractivity contribution >= 4 is 21.5 Å². The van der Waals surface area contributed by atoms with Crippen LogP contribution in [-0.4, -0.2) is 0 Å². The second-order valence-electron chi connectivity index (χ2n) is 14.3. The minimum Gasteiger partial charge on any atom is -0.455 e. The second kappa shape index (κ2) is 10.8. The molecule has 2 nitrogen and oxygen atoms in total. The maximum absolute atomic E-state index is 7.18. The zero-order valence-electron chi connectivity index (χ0n) is 28.1. The molecule has 1 aromatic heterocycles. The number of hydrogen-bond acceptors (Lipinski definition) is 1. The summed E-state index contributed by atoms with van der Waals surface area (Å²) in [6.45, 7) is 23.0. The minimum absolute atomic E-state index is 0.416. The molecule has 4 aromatic carbocycles. The number of rotatable bonds is 6. The van der Waals surface area contributed by atoms with Crippen molar-refractivity contribution in [1.82, 2.24) is 0 Å². The predicted molar refractivity (Wildman–Crippen MR) is 184 cm³/mol. The molecule has 0 amide bonds. The lowest BCUT2D eigenvalue weighted by molar-refractivity contribution is -0.659. The quantitative estimate of drug-likeness (QED) is 0.182. The Morgan fingerprint density at radius 1 is 0.721 bits per heavy atom. The molecule has 0 unspecified atom stereocenters. The van der Waals surface area contributed by atoms with Crippen LogP contribution in [0.1, 0.15) is 107 Å². The van der Waals surface area contributed by atoms with Gasteiger partial charge in [-0.1, -0.05) is 91.3 Å². The summed E-state index contributed by atoms with van der Waals surface area (Å²) in [6, 6.07) is 18.8. The van der Waals surface area contributed by atoms with Crippen LogP contribution in [0.25, 0.3) is 43.9 Å². The molecule has 2 heteroatoms. The maximum Gasteiger partial charge on any atom is 0.228 e. The van der Waals surface area contributed by atoms with E-state index in [0.717, 1.165) is 17.9 Å². The Kier molecular flexibility index (Phi) is 7.40. The lowest BCUT2D eigenvalue weighted by Gasteiger charge is -2.27. The summed E-state index contributed by atoms with van der Waals surface area (Å²) in [7, 11) is 2.18. The van der Waals surface area contributed by atoms with E-state index in [1.165, 1.54) is 77.3 Å². The van der Waals surface area contributed by atoms with E-state index >= 15 is 0 Å². The lowest BCUT2D eigenvalue weighted by atomic mass is 9.81. The smallest absolute Gasteiger partial charge is 0.228 e. The van der Waals surface area contributed by atoms with Crippen LogP contribution < -0.4 is 9.30 Å². The van der Waals surface area contributed by atoms with Gasteiger partial charge in [-0.3, -0.25) is 0 Å². The molecule has 0 fully saturated rings. The second-order valence-corrected chi connectivity index (χ2v) is 14.3. The van der Waals surface area contributed by atoms with Gasteiger partial charge < -0.3 is 4.74 Å². The van der Waals surface area contributed by atoms with E-state index in [2.05, 4.69) is 136 Å². The van der Waals surface area contributed by atoms with Crippen LogP contribution in [0.15, 0.2) is 54.7 Å². The Morgan fingerprint density at radius 2 is 1.40 bits per heavy atom. The van der Waals surface area contributed by atoms with E-state index in [1.54, 1.807) is 0 Å². The number of fused-ring (bicyclic) bond motifs is 3. The van der Waals surface area contributed by atoms with Gasteiger partial charge in [-0.15, -0.1) is 0 Å². The Labute approximate surface area is 258 Å². The molecule has 0 aliphatic carbocycles. The van der Waals surface area contributed by atoms with Crippen LogP contribution in [-0.2, 0) is 13.5 Å². The molecule has 1 aliphatic heterocycles. The van der Waals surface area contributed by atoms with E-state index in [9.17, 15) is 0 Å². The minimum atomic E-state index is 0.416. The fourth-order valence-electron chi connectivity index (χ4n) is 7.21. The first-order valence-electron chi connectivity index (χ1n) is 16.3. The van der Waals surface area contributed by atoms with Crippen molar-refractivity contribution in [3.63, 3.8) is 0 Å². The Balaban J connectivity index is 1.71. The van der Waals surface area contributed by atoms with E-state index in [1.807, 2.05) is 0 Å². The molecule has 0 N–H and O–H groups in total. The summed E-state index contributed by atoms with van der Waals surface area (Å²) in [5.74, 6) is 3.85. The first-order chi connectivity index (χ1) is 20.4. The van der Waals surface area contributed by atoms with Gasteiger partial charge in [0.05, 0.1) is 10.9 Å². The van der Waals surface area contributed by atoms with Crippen molar-refractivity contribution in [1.29, 1.82) is 0 Å². The van der Waals surface area contributed by atoms with Crippen LogP contribution in [0.5, 0.6) is 11.5 Å². The van der Waals surface area contributed by atoms with Gasteiger partial charge in [-0.05, 0) is 106 Å². The molecule has 0 atom stereocenters. The summed E-state index contributed by atoms with van der Waals surface area (Å²) < 4.78 is 9.48. The van der Waals surface area contributed by atoms with Crippen molar-refractivity contribution in [2.75, 3.05) is 0 Å². The molecule has 1 aliphatic rings. The highest BCUT2D eigenvalue weighted by Gasteiger charge is 2.34. The van der Waals surface area contributed by atoms with Crippen molar-refractivity contribution in [3.8, 4) is 33.9 Å². The molecular weight excluding hydrogens is 522 g/mol. The van der Waals surface area contributed by atoms with E-state index in [4.69, 9.17) is 4.74 Å². The SMILES string of the molecule is Cc1ccc2c(C)c3c(c(CC(C)C)c2c1)Oc1cc(-c2c(C(C)C)cc(C(C)C)cc2C(C)C)cc2cc[n+](C)c-3c12. The molecule has 0 radical (unpaired) electrons. The van der Waals surface area contributed by atoms with Gasteiger partial charge in [0.15, 0.2) is 6.20 Å². The molecule has 6 rings (SSSR count). The van der Waals surface area contributed by atoms with Crippen LogP contribution in [0.2, 0.25) is 0 Å². The number of aromatic nitrogens is 1. The monoisotopic (exact) mass is 570 g/mol. The van der Waals surface area contributed by atoms with Crippen molar-refractivity contribution in [3.05, 3.63) is 88.1 Å². The largest absolute Gasteiger partial charge is 0.455 e. The number of nitrogens with zero attached hydrogens (tertiary/aromatic N) is 1. The summed E-state index contributed by atoms with van der Waals surface area (Å²) in [6.07, 6.45) is 3.21. The van der Waals surface area contributed by atoms with Gasteiger partial charge in [-0.25, -0.2) is 4.57 Å². The Bertz CT molecular complexity index is 1880. The van der Waals surface area contributed by atoms with Crippen LogP contribution >= 0.6 is 0 Å². The zero-order valence-corrected chi connectivity index (χ0v) is 28.1. The first-order valence-corrected chi connectivity index (χ1v) is 16.3. The van der Waals surface area contributed by atoms with Gasteiger partial charge in [0.1, 0.15) is 18.5 Å². The molecule has 43 heavy (non-hydrogen) atoms. The third-order valence-corrected chi connectivity index (χ3v) is 9.46. The number of pyridine rings is 1. The van der Waals surface area contributed by atoms with Crippen LogP contribution in [0, 0.1) is 19.8 Å². The molecule has 0 saturated carbocycles. The number of hydrogen-bond donors (Lipinski definition) is 0. The highest BCUT2D eigenvalue weighted by atomic mass is 16.5. The van der Waals surface area contributed by atoms with Gasteiger partial charge in [-0.2, -0.15) is 0 Å². The number of benzene rings is 4. The third-order valence-electron chi connectivity index (χ3n) is 9.46. The summed E-state index contributed by atoms with van der Waals surface area (Å²) in [5.41, 5.74) is 13.3. The van der Waals surface area contributed by atoms with Crippen molar-refractivity contribution in [2.24, 2.45) is 13.0 Å².